The van der Waals surface area contributed by atoms with E-state index in [0.29, 0.717) is 6.04 Å². The third-order valence-electron chi connectivity index (χ3n) is 4.07. The highest BCUT2D eigenvalue weighted by atomic mass is 16.5. The van der Waals surface area contributed by atoms with E-state index in [1.54, 1.807) is 0 Å². The molecule has 0 spiro atoms. The smallest absolute Gasteiger partial charge is 0.0622 e. The highest BCUT2D eigenvalue weighted by Crippen LogP contribution is 2.19. The minimum absolute atomic E-state index is 0.667. The standard InChI is InChI=1S/C15H22N2O/c1-2-5-14(6-3-1)16-8-4-9-17(11-10-16)15-7-12-18-13-15/h1-3,5-6,15H,4,7-13H2. The predicted molar refractivity (Wildman–Crippen MR) is 74.1 cm³/mol. The van der Waals surface area contributed by atoms with Crippen molar-refractivity contribution in [3.8, 4) is 0 Å². The lowest BCUT2D eigenvalue weighted by molar-refractivity contribution is 0.148. The number of benzene rings is 1. The van der Waals surface area contributed by atoms with Crippen LogP contribution in [-0.4, -0.2) is 50.3 Å². The quantitative estimate of drug-likeness (QED) is 0.793. The number of hydrogen-bond donors (Lipinski definition) is 0. The first-order chi connectivity index (χ1) is 8.93. The number of nitrogens with zero attached hydrogens (tertiary/aromatic N) is 2. The Morgan fingerprint density at radius 2 is 1.89 bits per heavy atom. The van der Waals surface area contributed by atoms with Gasteiger partial charge in [0.2, 0.25) is 0 Å². The molecule has 0 saturated carbocycles. The van der Waals surface area contributed by atoms with Crippen LogP contribution in [0.15, 0.2) is 30.3 Å². The van der Waals surface area contributed by atoms with Crippen molar-refractivity contribution in [2.24, 2.45) is 0 Å². The second kappa shape index (κ2) is 5.72. The normalized spacial score (nSPS) is 26.2. The fraction of sp³-hybridized carbons (Fsp3) is 0.600. The van der Waals surface area contributed by atoms with Crippen molar-refractivity contribution in [2.75, 3.05) is 44.3 Å². The second-order valence-corrected chi connectivity index (χ2v) is 5.23. The molecule has 0 aliphatic carbocycles. The van der Waals surface area contributed by atoms with Gasteiger partial charge in [-0.05, 0) is 25.0 Å². The van der Waals surface area contributed by atoms with Gasteiger partial charge in [0, 0.05) is 44.5 Å². The van der Waals surface area contributed by atoms with Crippen LogP contribution in [0.4, 0.5) is 5.69 Å². The topological polar surface area (TPSA) is 15.7 Å². The summed E-state index contributed by atoms with van der Waals surface area (Å²) in [5, 5.41) is 0. The van der Waals surface area contributed by atoms with Crippen LogP contribution in [0.2, 0.25) is 0 Å². The zero-order chi connectivity index (χ0) is 12.2. The van der Waals surface area contributed by atoms with Crippen molar-refractivity contribution in [1.29, 1.82) is 0 Å². The highest BCUT2D eigenvalue weighted by Gasteiger charge is 2.25. The molecule has 98 valence electrons. The van der Waals surface area contributed by atoms with E-state index >= 15 is 0 Å². The van der Waals surface area contributed by atoms with Crippen molar-refractivity contribution in [2.45, 2.75) is 18.9 Å². The summed E-state index contributed by atoms with van der Waals surface area (Å²) < 4.78 is 5.51. The number of rotatable bonds is 2. The average molecular weight is 246 g/mol. The first-order valence-corrected chi connectivity index (χ1v) is 7.05. The summed E-state index contributed by atoms with van der Waals surface area (Å²) in [7, 11) is 0. The minimum Gasteiger partial charge on any atom is -0.380 e. The first kappa shape index (κ1) is 12.0. The molecular weight excluding hydrogens is 224 g/mol. The second-order valence-electron chi connectivity index (χ2n) is 5.23. The summed E-state index contributed by atoms with van der Waals surface area (Å²) in [6.45, 7) is 6.59. The monoisotopic (exact) mass is 246 g/mol. The Kier molecular flexibility index (Phi) is 3.81. The SMILES string of the molecule is c1ccc(N2CCCN(C3CCOC3)CC2)cc1. The molecule has 2 aliphatic rings. The largest absolute Gasteiger partial charge is 0.380 e. The molecule has 0 bridgehead atoms. The molecule has 0 radical (unpaired) electrons. The highest BCUT2D eigenvalue weighted by molar-refractivity contribution is 5.46. The Balaban J connectivity index is 1.61. The molecule has 0 amide bonds. The molecule has 0 N–H and O–H groups in total. The van der Waals surface area contributed by atoms with Crippen molar-refractivity contribution >= 4 is 5.69 Å². The third-order valence-corrected chi connectivity index (χ3v) is 4.07. The van der Waals surface area contributed by atoms with Gasteiger partial charge >= 0.3 is 0 Å². The molecule has 3 rings (SSSR count). The lowest BCUT2D eigenvalue weighted by Crippen LogP contribution is -2.38. The van der Waals surface area contributed by atoms with E-state index in [1.807, 2.05) is 0 Å². The maximum absolute atomic E-state index is 5.51. The summed E-state index contributed by atoms with van der Waals surface area (Å²) in [5.41, 5.74) is 1.36. The molecule has 3 nitrogen and oxygen atoms in total. The van der Waals surface area contributed by atoms with Crippen LogP contribution in [0.25, 0.3) is 0 Å². The molecular formula is C15H22N2O. The van der Waals surface area contributed by atoms with Gasteiger partial charge in [0.1, 0.15) is 0 Å². The molecule has 2 heterocycles. The van der Waals surface area contributed by atoms with Gasteiger partial charge in [-0.2, -0.15) is 0 Å². The zero-order valence-corrected chi connectivity index (χ0v) is 10.9. The lowest BCUT2D eigenvalue weighted by atomic mass is 10.2. The molecule has 3 heteroatoms. The first-order valence-electron chi connectivity index (χ1n) is 7.05. The van der Waals surface area contributed by atoms with Gasteiger partial charge in [-0.3, -0.25) is 4.90 Å². The van der Waals surface area contributed by atoms with Gasteiger partial charge in [0.25, 0.3) is 0 Å². The van der Waals surface area contributed by atoms with Crippen LogP contribution >= 0.6 is 0 Å². The lowest BCUT2D eigenvalue weighted by Gasteiger charge is -2.26. The summed E-state index contributed by atoms with van der Waals surface area (Å²) in [6, 6.07) is 11.4. The van der Waals surface area contributed by atoms with E-state index in [-0.39, 0.29) is 0 Å². The van der Waals surface area contributed by atoms with Crippen molar-refractivity contribution in [3.63, 3.8) is 0 Å². The molecule has 1 unspecified atom stereocenters. The van der Waals surface area contributed by atoms with E-state index in [1.165, 1.54) is 38.2 Å². The summed E-state index contributed by atoms with van der Waals surface area (Å²) in [6.07, 6.45) is 2.47. The van der Waals surface area contributed by atoms with Gasteiger partial charge in [-0.25, -0.2) is 0 Å². The average Bonchev–Trinajstić information content (AvgIpc) is 2.84. The Morgan fingerprint density at radius 1 is 1.00 bits per heavy atom. The Bertz CT molecular complexity index is 362. The fourth-order valence-corrected chi connectivity index (χ4v) is 3.01. The molecule has 0 aromatic heterocycles. The van der Waals surface area contributed by atoms with Crippen molar-refractivity contribution in [1.82, 2.24) is 4.90 Å². The van der Waals surface area contributed by atoms with Gasteiger partial charge in [0.05, 0.1) is 6.61 Å². The van der Waals surface area contributed by atoms with Gasteiger partial charge < -0.3 is 9.64 Å². The fourth-order valence-electron chi connectivity index (χ4n) is 3.01. The number of anilines is 1. The van der Waals surface area contributed by atoms with Crippen LogP contribution in [-0.2, 0) is 4.74 Å². The Morgan fingerprint density at radius 3 is 2.67 bits per heavy atom. The van der Waals surface area contributed by atoms with E-state index in [0.717, 1.165) is 19.8 Å². The van der Waals surface area contributed by atoms with E-state index < -0.39 is 0 Å². The van der Waals surface area contributed by atoms with Crippen molar-refractivity contribution < 1.29 is 4.74 Å². The van der Waals surface area contributed by atoms with Gasteiger partial charge in [-0.1, -0.05) is 18.2 Å². The summed E-state index contributed by atoms with van der Waals surface area (Å²) in [4.78, 5) is 5.13. The molecule has 18 heavy (non-hydrogen) atoms. The number of hydrogen-bond acceptors (Lipinski definition) is 3. The molecule has 2 fully saturated rings. The molecule has 1 atom stereocenters. The number of para-hydroxylation sites is 1. The van der Waals surface area contributed by atoms with Crippen LogP contribution in [0.3, 0.4) is 0 Å². The van der Waals surface area contributed by atoms with Gasteiger partial charge in [0.15, 0.2) is 0 Å². The third kappa shape index (κ3) is 2.68. The molecule has 2 saturated heterocycles. The van der Waals surface area contributed by atoms with Gasteiger partial charge in [-0.15, -0.1) is 0 Å². The van der Waals surface area contributed by atoms with E-state index in [9.17, 15) is 0 Å². The minimum atomic E-state index is 0.667. The Labute approximate surface area is 109 Å². The summed E-state index contributed by atoms with van der Waals surface area (Å²) >= 11 is 0. The van der Waals surface area contributed by atoms with Crippen LogP contribution in [0.5, 0.6) is 0 Å². The zero-order valence-electron chi connectivity index (χ0n) is 10.9. The maximum Gasteiger partial charge on any atom is 0.0622 e. The molecule has 1 aromatic rings. The molecule has 2 aliphatic heterocycles. The number of ether oxygens (including phenoxy) is 1. The Hall–Kier alpha value is -1.06. The van der Waals surface area contributed by atoms with Crippen molar-refractivity contribution in [3.05, 3.63) is 30.3 Å². The van der Waals surface area contributed by atoms with E-state index in [4.69, 9.17) is 4.74 Å². The molecule has 1 aromatic carbocycles. The predicted octanol–water partition coefficient (Wildman–Crippen LogP) is 1.99. The van der Waals surface area contributed by atoms with Crippen LogP contribution in [0, 0.1) is 0 Å². The maximum atomic E-state index is 5.51. The van der Waals surface area contributed by atoms with Crippen LogP contribution in [0.1, 0.15) is 12.8 Å². The van der Waals surface area contributed by atoms with Crippen LogP contribution < -0.4 is 4.90 Å². The summed E-state index contributed by atoms with van der Waals surface area (Å²) in [5.74, 6) is 0. The van der Waals surface area contributed by atoms with E-state index in [2.05, 4.69) is 40.1 Å².